The Labute approximate surface area is 179 Å². The molecule has 0 saturated carbocycles. The summed E-state index contributed by atoms with van der Waals surface area (Å²) < 4.78 is 0. The van der Waals surface area contributed by atoms with Crippen LogP contribution in [0.15, 0.2) is 71.8 Å². The van der Waals surface area contributed by atoms with E-state index in [-0.39, 0.29) is 11.4 Å². The van der Waals surface area contributed by atoms with Gasteiger partial charge in [0.1, 0.15) is 5.82 Å². The summed E-state index contributed by atoms with van der Waals surface area (Å²) in [5.41, 5.74) is 5.20. The third-order valence-electron chi connectivity index (χ3n) is 4.58. The highest BCUT2D eigenvalue weighted by Gasteiger charge is 2.11. The number of carbonyl (C=O) groups is 1. The molecule has 2 N–H and O–H groups in total. The number of hydrogen-bond acceptors (Lipinski definition) is 7. The molecule has 0 fully saturated rings. The highest BCUT2D eigenvalue weighted by molar-refractivity contribution is 5.98. The molecule has 11 nitrogen and oxygen atoms in total. The van der Waals surface area contributed by atoms with Gasteiger partial charge in [-0.3, -0.25) is 25.0 Å². The SMILES string of the molecule is O=C(N/N=C\c1ccc([N+](=O)[O-])cc1)c1ccc2nc(-c3ccc([N+](=O)[O-])cc3)[nH]c2c1. The van der Waals surface area contributed by atoms with Crippen molar-refractivity contribution in [2.24, 2.45) is 5.10 Å². The smallest absolute Gasteiger partial charge is 0.271 e. The van der Waals surface area contributed by atoms with Crippen molar-refractivity contribution in [3.05, 3.63) is 98.1 Å². The van der Waals surface area contributed by atoms with Crippen LogP contribution in [0.4, 0.5) is 11.4 Å². The predicted molar refractivity (Wildman–Crippen MR) is 116 cm³/mol. The van der Waals surface area contributed by atoms with E-state index in [0.717, 1.165) is 0 Å². The zero-order valence-electron chi connectivity index (χ0n) is 16.3. The monoisotopic (exact) mass is 430 g/mol. The number of H-pyrrole nitrogens is 1. The molecule has 1 aromatic heterocycles. The molecule has 32 heavy (non-hydrogen) atoms. The number of hydrazone groups is 1. The second-order valence-corrected chi connectivity index (χ2v) is 6.67. The number of benzene rings is 3. The number of fused-ring (bicyclic) bond motifs is 1. The molecule has 0 atom stereocenters. The standard InChI is InChI=1S/C21H14N6O5/c28-21(25-22-12-13-1-6-16(7-2-13)26(29)30)15-5-10-18-19(11-15)24-20(23-18)14-3-8-17(9-4-14)27(31)32/h1-12H,(H,23,24)(H,25,28)/b22-12-. The summed E-state index contributed by atoms with van der Waals surface area (Å²) in [6, 6.07) is 16.6. The van der Waals surface area contributed by atoms with Gasteiger partial charge in [0.05, 0.1) is 27.1 Å². The third kappa shape index (κ3) is 4.31. The number of aromatic amines is 1. The minimum atomic E-state index is -0.499. The van der Waals surface area contributed by atoms with Crippen LogP contribution in [0.2, 0.25) is 0 Å². The summed E-state index contributed by atoms with van der Waals surface area (Å²) in [4.78, 5) is 40.4. The van der Waals surface area contributed by atoms with Crippen LogP contribution < -0.4 is 5.43 Å². The largest absolute Gasteiger partial charge is 0.338 e. The number of imidazole rings is 1. The fourth-order valence-corrected chi connectivity index (χ4v) is 2.94. The van der Waals surface area contributed by atoms with Crippen LogP contribution in [0.1, 0.15) is 15.9 Å². The molecular formula is C21H14N6O5. The second-order valence-electron chi connectivity index (χ2n) is 6.67. The quantitative estimate of drug-likeness (QED) is 0.269. The van der Waals surface area contributed by atoms with Crippen molar-refractivity contribution in [1.29, 1.82) is 0 Å². The Bertz CT molecular complexity index is 1360. The molecule has 11 heteroatoms. The van der Waals surface area contributed by atoms with Gasteiger partial charge in [0.2, 0.25) is 0 Å². The van der Waals surface area contributed by atoms with E-state index in [4.69, 9.17) is 0 Å². The average molecular weight is 430 g/mol. The van der Waals surface area contributed by atoms with Crippen LogP contribution in [-0.4, -0.2) is 31.9 Å². The minimum absolute atomic E-state index is 0.0156. The zero-order chi connectivity index (χ0) is 22.7. The number of nitro groups is 2. The van der Waals surface area contributed by atoms with Gasteiger partial charge in [-0.2, -0.15) is 5.10 Å². The summed E-state index contributed by atoms with van der Waals surface area (Å²) in [5, 5.41) is 25.3. The number of nitro benzene ring substituents is 2. The van der Waals surface area contributed by atoms with Crippen molar-refractivity contribution in [2.75, 3.05) is 0 Å². The Morgan fingerprint density at radius 2 is 1.56 bits per heavy atom. The molecule has 158 valence electrons. The van der Waals surface area contributed by atoms with Gasteiger partial charge in [-0.15, -0.1) is 0 Å². The fraction of sp³-hybridized carbons (Fsp3) is 0. The van der Waals surface area contributed by atoms with Crippen LogP contribution in [0.5, 0.6) is 0 Å². The van der Waals surface area contributed by atoms with Crippen molar-refractivity contribution < 1.29 is 14.6 Å². The summed E-state index contributed by atoms with van der Waals surface area (Å²) in [6.07, 6.45) is 1.38. The molecule has 0 saturated heterocycles. The van der Waals surface area contributed by atoms with Crippen LogP contribution >= 0.6 is 0 Å². The molecule has 0 aliphatic rings. The maximum absolute atomic E-state index is 12.4. The highest BCUT2D eigenvalue weighted by Crippen LogP contribution is 2.23. The molecule has 0 unspecified atom stereocenters. The first kappa shape index (κ1) is 20.3. The second kappa shape index (κ2) is 8.44. The van der Waals surface area contributed by atoms with Gasteiger partial charge in [-0.05, 0) is 48.0 Å². The van der Waals surface area contributed by atoms with Crippen LogP contribution in [0, 0.1) is 20.2 Å². The Morgan fingerprint density at radius 3 is 2.19 bits per heavy atom. The number of aromatic nitrogens is 2. The fourth-order valence-electron chi connectivity index (χ4n) is 2.94. The molecule has 0 aliphatic carbocycles. The van der Waals surface area contributed by atoms with Gasteiger partial charge in [0.25, 0.3) is 17.3 Å². The topological polar surface area (TPSA) is 156 Å². The first-order valence-corrected chi connectivity index (χ1v) is 9.23. The normalized spacial score (nSPS) is 11.0. The van der Waals surface area contributed by atoms with Crippen molar-refractivity contribution in [3.8, 4) is 11.4 Å². The predicted octanol–water partition coefficient (Wildman–Crippen LogP) is 3.81. The molecule has 4 rings (SSSR count). The summed E-state index contributed by atoms with van der Waals surface area (Å²) in [7, 11) is 0. The molecule has 1 amide bonds. The first-order chi connectivity index (χ1) is 15.4. The van der Waals surface area contributed by atoms with E-state index in [2.05, 4.69) is 20.5 Å². The number of non-ortho nitro benzene ring substituents is 2. The lowest BCUT2D eigenvalue weighted by Crippen LogP contribution is -2.17. The van der Waals surface area contributed by atoms with E-state index in [0.29, 0.717) is 33.5 Å². The molecule has 1 heterocycles. The lowest BCUT2D eigenvalue weighted by Gasteiger charge is -2.00. The molecule has 0 aliphatic heterocycles. The Kier molecular flexibility index (Phi) is 5.36. The summed E-state index contributed by atoms with van der Waals surface area (Å²) >= 11 is 0. The van der Waals surface area contributed by atoms with Gasteiger partial charge < -0.3 is 4.98 Å². The lowest BCUT2D eigenvalue weighted by molar-refractivity contribution is -0.385. The molecule has 3 aromatic carbocycles. The number of nitrogens with zero attached hydrogens (tertiary/aromatic N) is 4. The minimum Gasteiger partial charge on any atom is -0.338 e. The number of rotatable bonds is 6. The van der Waals surface area contributed by atoms with E-state index in [1.54, 1.807) is 30.3 Å². The van der Waals surface area contributed by atoms with E-state index in [1.807, 2.05) is 0 Å². The Morgan fingerprint density at radius 1 is 0.938 bits per heavy atom. The number of hydrogen-bond donors (Lipinski definition) is 2. The van der Waals surface area contributed by atoms with E-state index >= 15 is 0 Å². The lowest BCUT2D eigenvalue weighted by atomic mass is 10.2. The number of nitrogens with one attached hydrogen (secondary N) is 2. The average Bonchev–Trinajstić information content (AvgIpc) is 3.23. The molecule has 0 radical (unpaired) electrons. The maximum Gasteiger partial charge on any atom is 0.271 e. The first-order valence-electron chi connectivity index (χ1n) is 9.23. The van der Waals surface area contributed by atoms with Gasteiger partial charge in [-0.1, -0.05) is 0 Å². The van der Waals surface area contributed by atoms with Crippen molar-refractivity contribution >= 4 is 34.5 Å². The Balaban J connectivity index is 1.47. The molecular weight excluding hydrogens is 416 g/mol. The number of carbonyl (C=O) groups excluding carboxylic acids is 1. The van der Waals surface area contributed by atoms with Crippen molar-refractivity contribution in [2.45, 2.75) is 0 Å². The van der Waals surface area contributed by atoms with E-state index < -0.39 is 15.8 Å². The summed E-state index contributed by atoms with van der Waals surface area (Å²) in [6.45, 7) is 0. The van der Waals surface area contributed by atoms with Crippen LogP contribution in [0.25, 0.3) is 22.4 Å². The van der Waals surface area contributed by atoms with Crippen molar-refractivity contribution in [3.63, 3.8) is 0 Å². The van der Waals surface area contributed by atoms with Crippen LogP contribution in [0.3, 0.4) is 0 Å². The summed E-state index contributed by atoms with van der Waals surface area (Å²) in [5.74, 6) is 0.0696. The third-order valence-corrected chi connectivity index (χ3v) is 4.58. The van der Waals surface area contributed by atoms with Gasteiger partial charge in [-0.25, -0.2) is 10.4 Å². The molecule has 4 aromatic rings. The van der Waals surface area contributed by atoms with Crippen LogP contribution in [-0.2, 0) is 0 Å². The van der Waals surface area contributed by atoms with Gasteiger partial charge in [0.15, 0.2) is 0 Å². The maximum atomic E-state index is 12.4. The Hall–Kier alpha value is -4.93. The van der Waals surface area contributed by atoms with Crippen molar-refractivity contribution in [1.82, 2.24) is 15.4 Å². The van der Waals surface area contributed by atoms with Gasteiger partial charge in [0, 0.05) is 35.4 Å². The molecule has 0 spiro atoms. The zero-order valence-corrected chi connectivity index (χ0v) is 16.3. The number of amides is 1. The van der Waals surface area contributed by atoms with Gasteiger partial charge >= 0.3 is 0 Å². The highest BCUT2D eigenvalue weighted by atomic mass is 16.6. The van der Waals surface area contributed by atoms with E-state index in [1.165, 1.54) is 42.6 Å². The van der Waals surface area contributed by atoms with E-state index in [9.17, 15) is 25.0 Å². The molecule has 0 bridgehead atoms.